The fourth-order valence-corrected chi connectivity index (χ4v) is 1.75. The van der Waals surface area contributed by atoms with Crippen LogP contribution in [-0.2, 0) is 11.3 Å². The molecule has 0 bridgehead atoms. The lowest BCUT2D eigenvalue weighted by Gasteiger charge is -2.20. The van der Waals surface area contributed by atoms with Crippen molar-refractivity contribution >= 4 is 6.03 Å². The molecule has 0 saturated heterocycles. The summed E-state index contributed by atoms with van der Waals surface area (Å²) in [7, 11) is 1.62. The lowest BCUT2D eigenvalue weighted by molar-refractivity contribution is 0.115. The summed E-state index contributed by atoms with van der Waals surface area (Å²) in [5.74, 6) is 1.69. The summed E-state index contributed by atoms with van der Waals surface area (Å²) in [6.45, 7) is 5.24. The maximum atomic E-state index is 12.0. The van der Waals surface area contributed by atoms with Crippen LogP contribution >= 0.6 is 0 Å². The van der Waals surface area contributed by atoms with E-state index >= 15 is 0 Å². The van der Waals surface area contributed by atoms with Gasteiger partial charge in [0.1, 0.15) is 0 Å². The Kier molecular flexibility index (Phi) is 4.94. The van der Waals surface area contributed by atoms with Crippen LogP contribution in [-0.4, -0.2) is 47.4 Å². The fraction of sp³-hybridized carbons (Fsp3) is 0.769. The van der Waals surface area contributed by atoms with E-state index in [0.29, 0.717) is 37.3 Å². The third-order valence-corrected chi connectivity index (χ3v) is 3.35. The molecule has 2 rings (SSSR count). The van der Waals surface area contributed by atoms with Crippen LogP contribution < -0.4 is 5.32 Å². The molecule has 1 heterocycles. The molecule has 112 valence electrons. The Bertz CT molecular complexity index is 445. The van der Waals surface area contributed by atoms with E-state index in [4.69, 9.17) is 9.26 Å². The zero-order chi connectivity index (χ0) is 14.5. The first kappa shape index (κ1) is 14.8. The number of urea groups is 1. The molecule has 0 spiro atoms. The number of methoxy groups -OCH3 is 1. The Morgan fingerprint density at radius 2 is 2.35 bits per heavy atom. The van der Waals surface area contributed by atoms with E-state index in [0.717, 1.165) is 12.8 Å². The summed E-state index contributed by atoms with van der Waals surface area (Å²) in [6.07, 6.45) is 2.23. The van der Waals surface area contributed by atoms with E-state index in [2.05, 4.69) is 15.5 Å². The molecule has 1 N–H and O–H groups in total. The molecule has 0 unspecified atom stereocenters. The molecule has 7 nitrogen and oxygen atoms in total. The number of amides is 2. The molecule has 1 saturated carbocycles. The zero-order valence-corrected chi connectivity index (χ0v) is 12.3. The van der Waals surface area contributed by atoms with Gasteiger partial charge in [-0.15, -0.1) is 0 Å². The number of nitrogens with one attached hydrogen (secondary N) is 1. The van der Waals surface area contributed by atoms with Gasteiger partial charge in [0.2, 0.25) is 5.89 Å². The molecule has 20 heavy (non-hydrogen) atoms. The largest absolute Gasteiger partial charge is 0.380 e. The first-order chi connectivity index (χ1) is 9.63. The Labute approximate surface area is 118 Å². The van der Waals surface area contributed by atoms with Crippen molar-refractivity contribution < 1.29 is 14.1 Å². The fourth-order valence-electron chi connectivity index (χ4n) is 1.75. The van der Waals surface area contributed by atoms with E-state index < -0.39 is 0 Å². The second-order valence-corrected chi connectivity index (χ2v) is 5.07. The highest BCUT2D eigenvalue weighted by Crippen LogP contribution is 2.38. The summed E-state index contributed by atoms with van der Waals surface area (Å²) in [5.41, 5.74) is 0. The first-order valence-corrected chi connectivity index (χ1v) is 7.02. The minimum Gasteiger partial charge on any atom is -0.380 e. The van der Waals surface area contributed by atoms with Crippen LogP contribution in [0.4, 0.5) is 4.79 Å². The van der Waals surface area contributed by atoms with Gasteiger partial charge >= 0.3 is 6.03 Å². The third-order valence-electron chi connectivity index (χ3n) is 3.35. The summed E-state index contributed by atoms with van der Waals surface area (Å²) in [6, 6.07) is -0.144. The Morgan fingerprint density at radius 1 is 1.60 bits per heavy atom. The minimum atomic E-state index is -0.144. The molecular weight excluding hydrogens is 260 g/mol. The van der Waals surface area contributed by atoms with Gasteiger partial charge in [-0.1, -0.05) is 5.16 Å². The predicted octanol–water partition coefficient (Wildman–Crippen LogP) is 1.51. The summed E-state index contributed by atoms with van der Waals surface area (Å²) in [5, 5.41) is 6.75. The van der Waals surface area contributed by atoms with Gasteiger partial charge in [-0.25, -0.2) is 4.79 Å². The highest BCUT2D eigenvalue weighted by Gasteiger charge is 2.30. The highest BCUT2D eigenvalue weighted by molar-refractivity contribution is 5.74. The lowest BCUT2D eigenvalue weighted by Crippen LogP contribution is -2.42. The standard InChI is InChI=1S/C13H22N4O3/c1-4-17(13(18)14-7-9(2)19-3)8-11-15-12(20-16-11)10-5-6-10/h9-10H,4-8H2,1-3H3,(H,14,18)/t9-/m0/s1. The van der Waals surface area contributed by atoms with E-state index in [1.54, 1.807) is 12.0 Å². The van der Waals surface area contributed by atoms with Gasteiger partial charge in [0.15, 0.2) is 5.82 Å². The normalized spacial score (nSPS) is 15.9. The number of carbonyl (C=O) groups is 1. The molecule has 1 aliphatic rings. The number of rotatable bonds is 7. The van der Waals surface area contributed by atoms with E-state index in [1.165, 1.54) is 0 Å². The van der Waals surface area contributed by atoms with Gasteiger partial charge in [0.05, 0.1) is 12.6 Å². The van der Waals surface area contributed by atoms with Crippen LogP contribution in [0.3, 0.4) is 0 Å². The molecule has 1 aromatic heterocycles. The average molecular weight is 282 g/mol. The molecule has 0 radical (unpaired) electrons. The average Bonchev–Trinajstić information content (AvgIpc) is 3.21. The molecule has 0 aromatic carbocycles. The number of nitrogens with zero attached hydrogens (tertiary/aromatic N) is 3. The van der Waals surface area contributed by atoms with Crippen molar-refractivity contribution in [2.24, 2.45) is 0 Å². The topological polar surface area (TPSA) is 80.5 Å². The zero-order valence-electron chi connectivity index (χ0n) is 12.3. The molecule has 1 atom stereocenters. The van der Waals surface area contributed by atoms with Crippen molar-refractivity contribution in [3.05, 3.63) is 11.7 Å². The molecular formula is C13H22N4O3. The van der Waals surface area contributed by atoms with Crippen LogP contribution in [0.25, 0.3) is 0 Å². The number of ether oxygens (including phenoxy) is 1. The van der Waals surface area contributed by atoms with Gasteiger partial charge in [-0.3, -0.25) is 0 Å². The molecule has 1 aliphatic carbocycles. The van der Waals surface area contributed by atoms with E-state index in [9.17, 15) is 4.79 Å². The Morgan fingerprint density at radius 3 is 2.95 bits per heavy atom. The van der Waals surface area contributed by atoms with Gasteiger partial charge in [0, 0.05) is 26.1 Å². The van der Waals surface area contributed by atoms with Gasteiger partial charge in [-0.05, 0) is 26.7 Å². The summed E-state index contributed by atoms with van der Waals surface area (Å²) in [4.78, 5) is 18.0. The summed E-state index contributed by atoms with van der Waals surface area (Å²) < 4.78 is 10.3. The molecule has 1 aromatic rings. The number of carbonyl (C=O) groups excluding carboxylic acids is 1. The van der Waals surface area contributed by atoms with Crippen molar-refractivity contribution in [3.63, 3.8) is 0 Å². The van der Waals surface area contributed by atoms with Crippen LogP contribution in [0.1, 0.15) is 44.3 Å². The van der Waals surface area contributed by atoms with E-state index in [-0.39, 0.29) is 12.1 Å². The predicted molar refractivity (Wildman–Crippen MR) is 72.2 cm³/mol. The monoisotopic (exact) mass is 282 g/mol. The number of hydrogen-bond donors (Lipinski definition) is 1. The number of hydrogen-bond acceptors (Lipinski definition) is 5. The van der Waals surface area contributed by atoms with Crippen LogP contribution in [0.5, 0.6) is 0 Å². The van der Waals surface area contributed by atoms with Crippen LogP contribution in [0.15, 0.2) is 4.52 Å². The maximum absolute atomic E-state index is 12.0. The van der Waals surface area contributed by atoms with Crippen molar-refractivity contribution in [1.82, 2.24) is 20.4 Å². The number of aromatic nitrogens is 2. The molecule has 2 amide bonds. The lowest BCUT2D eigenvalue weighted by atomic mass is 10.4. The van der Waals surface area contributed by atoms with Crippen LogP contribution in [0.2, 0.25) is 0 Å². The van der Waals surface area contributed by atoms with Gasteiger partial charge in [-0.2, -0.15) is 4.98 Å². The second kappa shape index (κ2) is 6.69. The molecule has 1 fully saturated rings. The summed E-state index contributed by atoms with van der Waals surface area (Å²) >= 11 is 0. The smallest absolute Gasteiger partial charge is 0.317 e. The Balaban J connectivity index is 1.85. The Hall–Kier alpha value is -1.63. The van der Waals surface area contributed by atoms with Gasteiger partial charge in [0.25, 0.3) is 0 Å². The van der Waals surface area contributed by atoms with Crippen molar-refractivity contribution in [3.8, 4) is 0 Å². The third kappa shape index (κ3) is 3.93. The highest BCUT2D eigenvalue weighted by atomic mass is 16.5. The first-order valence-electron chi connectivity index (χ1n) is 7.02. The molecule has 7 heteroatoms. The second-order valence-electron chi connectivity index (χ2n) is 5.07. The maximum Gasteiger partial charge on any atom is 0.317 e. The van der Waals surface area contributed by atoms with Crippen LogP contribution in [0, 0.1) is 0 Å². The van der Waals surface area contributed by atoms with Crippen molar-refractivity contribution in [2.45, 2.75) is 45.3 Å². The quantitative estimate of drug-likeness (QED) is 0.820. The van der Waals surface area contributed by atoms with Gasteiger partial charge < -0.3 is 19.5 Å². The van der Waals surface area contributed by atoms with Crippen molar-refractivity contribution in [1.29, 1.82) is 0 Å². The van der Waals surface area contributed by atoms with E-state index in [1.807, 2.05) is 13.8 Å². The van der Waals surface area contributed by atoms with Crippen molar-refractivity contribution in [2.75, 3.05) is 20.2 Å². The molecule has 0 aliphatic heterocycles. The SMILES string of the molecule is CCN(Cc1noc(C2CC2)n1)C(=O)NC[C@H](C)OC. The minimum absolute atomic E-state index is 0.00991.